The van der Waals surface area contributed by atoms with Crippen LogP contribution in [0.1, 0.15) is 11.5 Å². The lowest BCUT2D eigenvalue weighted by molar-refractivity contribution is -0.318. The summed E-state index contributed by atoms with van der Waals surface area (Å²) in [6.07, 6.45) is -4.82. The minimum atomic E-state index is -4.82. The highest BCUT2D eigenvalue weighted by atomic mass is 19.4. The number of alkyl halides is 3. The molecular formula is C9H6F3O2-. The Morgan fingerprint density at radius 2 is 1.71 bits per heavy atom. The van der Waals surface area contributed by atoms with Crippen molar-refractivity contribution in [2.45, 2.75) is 12.1 Å². The van der Waals surface area contributed by atoms with Gasteiger partial charge in [-0.05, 0) is 5.56 Å². The second kappa shape index (κ2) is 3.69. The van der Waals surface area contributed by atoms with Gasteiger partial charge in [0.2, 0.25) is 0 Å². The molecule has 0 heterocycles. The second-order valence-corrected chi connectivity index (χ2v) is 2.70. The van der Waals surface area contributed by atoms with Crippen molar-refractivity contribution in [2.24, 2.45) is 0 Å². The first-order valence-corrected chi connectivity index (χ1v) is 3.75. The first-order valence-electron chi connectivity index (χ1n) is 3.75. The van der Waals surface area contributed by atoms with Gasteiger partial charge in [0.15, 0.2) is 0 Å². The van der Waals surface area contributed by atoms with Gasteiger partial charge in [0.25, 0.3) is 0 Å². The fraction of sp³-hybridized carbons (Fsp3) is 0.222. The molecule has 5 heteroatoms. The molecule has 0 aliphatic rings. The van der Waals surface area contributed by atoms with Crippen molar-refractivity contribution in [3.05, 3.63) is 35.9 Å². The van der Waals surface area contributed by atoms with E-state index in [1.54, 1.807) is 0 Å². The highest BCUT2D eigenvalue weighted by Crippen LogP contribution is 2.34. The number of carboxylic acids is 1. The normalized spacial score (nSPS) is 13.6. The van der Waals surface area contributed by atoms with E-state index in [4.69, 9.17) is 0 Å². The fourth-order valence-electron chi connectivity index (χ4n) is 1.10. The summed E-state index contributed by atoms with van der Waals surface area (Å²) in [5, 5.41) is 10.3. The van der Waals surface area contributed by atoms with Crippen LogP contribution in [0.4, 0.5) is 13.2 Å². The summed E-state index contributed by atoms with van der Waals surface area (Å²) in [7, 11) is 0. The molecule has 0 aliphatic heterocycles. The summed E-state index contributed by atoms with van der Waals surface area (Å²) in [5.74, 6) is -4.69. The predicted octanol–water partition coefficient (Wildman–Crippen LogP) is 1.08. The molecule has 1 unspecified atom stereocenters. The molecule has 0 bridgehead atoms. The zero-order valence-electron chi connectivity index (χ0n) is 6.91. The number of hydrogen-bond acceptors (Lipinski definition) is 2. The third-order valence-electron chi connectivity index (χ3n) is 1.70. The molecule has 0 radical (unpaired) electrons. The second-order valence-electron chi connectivity index (χ2n) is 2.70. The maximum absolute atomic E-state index is 12.2. The average molecular weight is 203 g/mol. The molecule has 0 saturated heterocycles. The molecule has 1 aromatic carbocycles. The Morgan fingerprint density at radius 3 is 2.07 bits per heavy atom. The summed E-state index contributed by atoms with van der Waals surface area (Å²) >= 11 is 0. The maximum Gasteiger partial charge on any atom is 0.400 e. The number of halogens is 3. The van der Waals surface area contributed by atoms with Gasteiger partial charge in [-0.25, -0.2) is 0 Å². The van der Waals surface area contributed by atoms with Crippen LogP contribution in [0, 0.1) is 0 Å². The van der Waals surface area contributed by atoms with Crippen LogP contribution in [0.5, 0.6) is 0 Å². The fourth-order valence-corrected chi connectivity index (χ4v) is 1.10. The first-order chi connectivity index (χ1) is 6.43. The van der Waals surface area contributed by atoms with Gasteiger partial charge >= 0.3 is 6.18 Å². The predicted molar refractivity (Wildman–Crippen MR) is 40.2 cm³/mol. The van der Waals surface area contributed by atoms with Gasteiger partial charge in [-0.15, -0.1) is 0 Å². The number of hydrogen-bond donors (Lipinski definition) is 0. The molecule has 14 heavy (non-hydrogen) atoms. The number of rotatable bonds is 2. The molecule has 1 rings (SSSR count). The Balaban J connectivity index is 3.08. The summed E-state index contributed by atoms with van der Waals surface area (Å²) in [4.78, 5) is 10.3. The van der Waals surface area contributed by atoms with E-state index in [2.05, 4.69) is 0 Å². The molecule has 0 saturated carbocycles. The number of aliphatic carboxylic acids is 1. The van der Waals surface area contributed by atoms with Crippen molar-refractivity contribution in [3.8, 4) is 0 Å². The van der Waals surface area contributed by atoms with Crippen LogP contribution >= 0.6 is 0 Å². The Hall–Kier alpha value is -1.52. The van der Waals surface area contributed by atoms with Crippen molar-refractivity contribution in [1.29, 1.82) is 0 Å². The maximum atomic E-state index is 12.2. The molecule has 1 atom stereocenters. The molecule has 0 fully saturated rings. The molecule has 0 spiro atoms. The summed E-state index contributed by atoms with van der Waals surface area (Å²) in [6, 6.07) is 6.40. The third-order valence-corrected chi connectivity index (χ3v) is 1.70. The Bertz CT molecular complexity index is 319. The SMILES string of the molecule is O=C([O-])C(c1ccccc1)C(F)(F)F. The summed E-state index contributed by atoms with van der Waals surface area (Å²) in [6.45, 7) is 0. The minimum absolute atomic E-state index is 0.319. The monoisotopic (exact) mass is 203 g/mol. The molecule has 0 aromatic heterocycles. The molecular weight excluding hydrogens is 197 g/mol. The average Bonchev–Trinajstić information content (AvgIpc) is 2.02. The zero-order valence-corrected chi connectivity index (χ0v) is 6.91. The van der Waals surface area contributed by atoms with E-state index in [1.807, 2.05) is 0 Å². The topological polar surface area (TPSA) is 40.1 Å². The van der Waals surface area contributed by atoms with Crippen LogP contribution in [0.15, 0.2) is 30.3 Å². The molecule has 2 nitrogen and oxygen atoms in total. The highest BCUT2D eigenvalue weighted by Gasteiger charge is 2.41. The molecule has 1 aromatic rings. The largest absolute Gasteiger partial charge is 0.549 e. The number of benzene rings is 1. The number of carboxylic acid groups (broad SMARTS) is 1. The van der Waals surface area contributed by atoms with E-state index >= 15 is 0 Å². The van der Waals surface area contributed by atoms with Crippen molar-refractivity contribution < 1.29 is 23.1 Å². The van der Waals surface area contributed by atoms with Gasteiger partial charge in [-0.2, -0.15) is 13.2 Å². The van der Waals surface area contributed by atoms with Gasteiger partial charge in [0.1, 0.15) is 5.92 Å². The number of carbonyl (C=O) groups excluding carboxylic acids is 1. The molecule has 0 aliphatic carbocycles. The highest BCUT2D eigenvalue weighted by molar-refractivity contribution is 5.75. The van der Waals surface area contributed by atoms with E-state index in [0.717, 1.165) is 12.1 Å². The van der Waals surface area contributed by atoms with Crippen LogP contribution < -0.4 is 5.11 Å². The molecule has 0 amide bonds. The Kier molecular flexibility index (Phi) is 2.78. The molecule has 0 N–H and O–H groups in total. The van der Waals surface area contributed by atoms with E-state index in [9.17, 15) is 23.1 Å². The number of carbonyl (C=O) groups is 1. The lowest BCUT2D eigenvalue weighted by Gasteiger charge is -2.21. The van der Waals surface area contributed by atoms with Crippen LogP contribution in [-0.2, 0) is 4.79 Å². The third kappa shape index (κ3) is 2.25. The van der Waals surface area contributed by atoms with Gasteiger partial charge in [0.05, 0.1) is 5.97 Å². The van der Waals surface area contributed by atoms with Crippen LogP contribution in [0.25, 0.3) is 0 Å². The van der Waals surface area contributed by atoms with Crippen molar-refractivity contribution in [1.82, 2.24) is 0 Å². The van der Waals surface area contributed by atoms with Gasteiger partial charge in [0, 0.05) is 0 Å². The smallest absolute Gasteiger partial charge is 0.400 e. The first kappa shape index (κ1) is 10.6. The Morgan fingerprint density at radius 1 is 1.21 bits per heavy atom. The standard InChI is InChI=1S/C9H7F3O2/c10-9(11,12)7(8(13)14)6-4-2-1-3-5-6/h1-5,7H,(H,13,14)/p-1. The van der Waals surface area contributed by atoms with Crippen LogP contribution in [-0.4, -0.2) is 12.1 Å². The van der Waals surface area contributed by atoms with E-state index in [-0.39, 0.29) is 5.56 Å². The quantitative estimate of drug-likeness (QED) is 0.721. The van der Waals surface area contributed by atoms with Crippen LogP contribution in [0.3, 0.4) is 0 Å². The van der Waals surface area contributed by atoms with Crippen molar-refractivity contribution >= 4 is 5.97 Å². The van der Waals surface area contributed by atoms with Gasteiger partial charge < -0.3 is 9.90 Å². The van der Waals surface area contributed by atoms with E-state index in [1.165, 1.54) is 18.2 Å². The van der Waals surface area contributed by atoms with Gasteiger partial charge in [-0.1, -0.05) is 30.3 Å². The molecule has 76 valence electrons. The van der Waals surface area contributed by atoms with Crippen molar-refractivity contribution in [3.63, 3.8) is 0 Å². The zero-order chi connectivity index (χ0) is 10.8. The minimum Gasteiger partial charge on any atom is -0.549 e. The van der Waals surface area contributed by atoms with Gasteiger partial charge in [-0.3, -0.25) is 0 Å². The van der Waals surface area contributed by atoms with Crippen molar-refractivity contribution in [2.75, 3.05) is 0 Å². The summed E-state index contributed by atoms with van der Waals surface area (Å²) < 4.78 is 36.7. The van der Waals surface area contributed by atoms with Crippen LogP contribution in [0.2, 0.25) is 0 Å². The lowest BCUT2D eigenvalue weighted by atomic mass is 9.99. The Labute approximate surface area is 78.0 Å². The summed E-state index contributed by atoms with van der Waals surface area (Å²) in [5.41, 5.74) is -0.319. The lowest BCUT2D eigenvalue weighted by Crippen LogP contribution is -2.38. The van der Waals surface area contributed by atoms with E-state index < -0.39 is 18.1 Å². The van der Waals surface area contributed by atoms with E-state index in [0.29, 0.717) is 0 Å².